The molecular formula is C29H26Cl2F4IN3O2. The van der Waals surface area contributed by atoms with E-state index in [0.717, 1.165) is 18.2 Å². The first-order valence-corrected chi connectivity index (χ1v) is 14.1. The van der Waals surface area contributed by atoms with E-state index in [0.29, 0.717) is 6.42 Å². The predicted molar refractivity (Wildman–Crippen MR) is 159 cm³/mol. The lowest BCUT2D eigenvalue weighted by Crippen LogP contribution is -2.44. The highest BCUT2D eigenvalue weighted by atomic mass is 127. The second-order valence-electron chi connectivity index (χ2n) is 10.8. The van der Waals surface area contributed by atoms with E-state index in [4.69, 9.17) is 28.9 Å². The number of carbonyl (C=O) groups is 1. The maximum absolute atomic E-state index is 15.2. The Morgan fingerprint density at radius 3 is 2.22 bits per heavy atom. The molecule has 4 N–H and O–H groups in total. The summed E-state index contributed by atoms with van der Waals surface area (Å²) in [6, 6.07) is 10.3. The van der Waals surface area contributed by atoms with E-state index < -0.39 is 52.7 Å². The Kier molecular flexibility index (Phi) is 10.2. The third-order valence-electron chi connectivity index (χ3n) is 6.72. The number of nitrogens with zero attached hydrogens (tertiary/aromatic N) is 1. The zero-order valence-corrected chi connectivity index (χ0v) is 25.8. The first kappa shape index (κ1) is 32.9. The van der Waals surface area contributed by atoms with Crippen molar-refractivity contribution in [3.63, 3.8) is 0 Å². The molecule has 1 fully saturated rings. The van der Waals surface area contributed by atoms with E-state index in [1.165, 1.54) is 30.3 Å². The Hall–Kier alpha value is -2.59. The number of hydrogen-bond acceptors (Lipinski definition) is 4. The highest BCUT2D eigenvalue weighted by Gasteiger charge is 2.61. The van der Waals surface area contributed by atoms with Gasteiger partial charge in [0.15, 0.2) is 0 Å². The van der Waals surface area contributed by atoms with E-state index in [-0.39, 0.29) is 35.8 Å². The Bertz CT molecular complexity index is 1490. The molecule has 12 heteroatoms. The van der Waals surface area contributed by atoms with Gasteiger partial charge < -0.3 is 10.8 Å². The molecule has 218 valence electrons. The van der Waals surface area contributed by atoms with Gasteiger partial charge in [-0.25, -0.2) is 17.6 Å². The summed E-state index contributed by atoms with van der Waals surface area (Å²) in [5.74, 6) is -5.32. The molecule has 0 aromatic heterocycles. The number of nitrogens with one attached hydrogen (secondary N) is 1. The zero-order chi connectivity index (χ0) is 30.9. The highest BCUT2D eigenvalue weighted by molar-refractivity contribution is 14.1. The molecule has 41 heavy (non-hydrogen) atoms. The second kappa shape index (κ2) is 12.7. The van der Waals surface area contributed by atoms with E-state index in [9.17, 15) is 23.9 Å². The number of carboxylic acids is 1. The number of nitriles is 1. The van der Waals surface area contributed by atoms with Gasteiger partial charge in [0.25, 0.3) is 0 Å². The molecule has 0 saturated carbocycles. The lowest BCUT2D eigenvalue weighted by atomic mass is 9.62. The van der Waals surface area contributed by atoms with Crippen LogP contribution in [0.5, 0.6) is 0 Å². The van der Waals surface area contributed by atoms with Gasteiger partial charge >= 0.3 is 5.97 Å². The molecule has 1 aliphatic rings. The Balaban J connectivity index is 0.000000389. The first-order valence-electron chi connectivity index (χ1n) is 12.2. The lowest BCUT2D eigenvalue weighted by Gasteiger charge is -2.37. The van der Waals surface area contributed by atoms with Crippen LogP contribution in [0.15, 0.2) is 48.5 Å². The molecule has 1 saturated heterocycles. The zero-order valence-electron chi connectivity index (χ0n) is 22.1. The number of rotatable bonds is 4. The summed E-state index contributed by atoms with van der Waals surface area (Å²) in [6.45, 7) is 5.79. The van der Waals surface area contributed by atoms with Gasteiger partial charge in [0, 0.05) is 28.2 Å². The smallest absolute Gasteiger partial charge is 0.321 e. The van der Waals surface area contributed by atoms with Gasteiger partial charge in [-0.3, -0.25) is 10.1 Å². The summed E-state index contributed by atoms with van der Waals surface area (Å²) in [6.07, 6.45) is 0.338. The summed E-state index contributed by atoms with van der Waals surface area (Å²) in [5.41, 5.74) is 3.10. The van der Waals surface area contributed by atoms with Gasteiger partial charge in [0.05, 0.1) is 14.7 Å². The third-order valence-corrected chi connectivity index (χ3v) is 8.28. The maximum Gasteiger partial charge on any atom is 0.321 e. The molecule has 4 rings (SSSR count). The van der Waals surface area contributed by atoms with Gasteiger partial charge in [0.2, 0.25) is 0 Å². The molecular weight excluding hydrogens is 696 g/mol. The second-order valence-corrected chi connectivity index (χ2v) is 12.7. The van der Waals surface area contributed by atoms with E-state index >= 15 is 8.78 Å². The van der Waals surface area contributed by atoms with Crippen molar-refractivity contribution >= 4 is 57.4 Å². The van der Waals surface area contributed by atoms with Crippen LogP contribution in [0.25, 0.3) is 0 Å². The van der Waals surface area contributed by atoms with Crippen LogP contribution in [0.3, 0.4) is 0 Å². The number of benzene rings is 3. The minimum Gasteiger partial charge on any atom is -0.480 e. The van der Waals surface area contributed by atoms with Gasteiger partial charge in [-0.1, -0.05) is 62.2 Å². The van der Waals surface area contributed by atoms with Crippen molar-refractivity contribution in [3.05, 3.63) is 96.5 Å². The lowest BCUT2D eigenvalue weighted by molar-refractivity contribution is -0.139. The third kappa shape index (κ3) is 6.91. The number of aliphatic carboxylic acids is 1. The van der Waals surface area contributed by atoms with Gasteiger partial charge in [-0.2, -0.15) is 5.26 Å². The molecule has 0 spiro atoms. The standard InChI is InChI=1S/C23H22Cl2F2N2O2.C6H4F2IN/c1-22(2,3)10-17-23(11-28,14-8-7-12(24)9-16(14)26)18(20(29-17)21(30)31)13-5-4-6-15(25)19(13)27;7-4-1-3(10)2-5(8)6(4)9/h4-9,17-18,20,29H,10H2,1-3H3,(H,30,31);1-2H,10H2/t17-,18-,20+,23-;/m0./s1. The van der Waals surface area contributed by atoms with Crippen LogP contribution in [0, 0.1) is 43.6 Å². The summed E-state index contributed by atoms with van der Waals surface area (Å²) < 4.78 is 55.3. The number of nitrogens with two attached hydrogens (primary N) is 1. The van der Waals surface area contributed by atoms with Gasteiger partial charge in [-0.05, 0) is 70.3 Å². The molecule has 4 atom stereocenters. The minimum absolute atomic E-state index is 0.0215. The normalized spacial score (nSPS) is 22.0. The summed E-state index contributed by atoms with van der Waals surface area (Å²) >= 11 is 13.5. The van der Waals surface area contributed by atoms with Crippen molar-refractivity contribution in [2.75, 3.05) is 5.73 Å². The summed E-state index contributed by atoms with van der Waals surface area (Å²) in [5, 5.41) is 23.4. The number of nitrogen functional groups attached to an aromatic ring is 1. The monoisotopic (exact) mass is 721 g/mol. The van der Waals surface area contributed by atoms with Gasteiger partial charge in [0.1, 0.15) is 34.7 Å². The minimum atomic E-state index is -1.73. The van der Waals surface area contributed by atoms with Crippen LogP contribution in [-0.4, -0.2) is 23.2 Å². The molecule has 0 amide bonds. The Morgan fingerprint density at radius 1 is 1.10 bits per heavy atom. The molecule has 0 radical (unpaired) electrons. The van der Waals surface area contributed by atoms with E-state index in [1.807, 2.05) is 20.8 Å². The van der Waals surface area contributed by atoms with Crippen LogP contribution in [-0.2, 0) is 10.2 Å². The van der Waals surface area contributed by atoms with Crippen molar-refractivity contribution in [1.82, 2.24) is 5.32 Å². The molecule has 3 aromatic carbocycles. The summed E-state index contributed by atoms with van der Waals surface area (Å²) in [4.78, 5) is 12.2. The number of hydrogen-bond donors (Lipinski definition) is 3. The van der Waals surface area contributed by atoms with Crippen molar-refractivity contribution in [1.29, 1.82) is 5.26 Å². The Morgan fingerprint density at radius 2 is 1.71 bits per heavy atom. The van der Waals surface area contributed by atoms with E-state index in [2.05, 4.69) is 11.4 Å². The fourth-order valence-corrected chi connectivity index (χ4v) is 5.77. The average Bonchev–Trinajstić information content (AvgIpc) is 3.17. The Labute approximate surface area is 258 Å². The van der Waals surface area contributed by atoms with Crippen molar-refractivity contribution < 1.29 is 27.5 Å². The molecule has 0 bridgehead atoms. The predicted octanol–water partition coefficient (Wildman–Crippen LogP) is 7.83. The van der Waals surface area contributed by atoms with Crippen molar-refractivity contribution in [2.24, 2.45) is 5.41 Å². The quantitative estimate of drug-likeness (QED) is 0.110. The van der Waals surface area contributed by atoms with Gasteiger partial charge in [-0.15, -0.1) is 0 Å². The van der Waals surface area contributed by atoms with Crippen molar-refractivity contribution in [3.8, 4) is 6.07 Å². The summed E-state index contributed by atoms with van der Waals surface area (Å²) in [7, 11) is 0. The molecule has 1 aliphatic heterocycles. The van der Waals surface area contributed by atoms with Crippen LogP contribution < -0.4 is 11.1 Å². The fraction of sp³-hybridized carbons (Fsp3) is 0.310. The number of anilines is 1. The number of halogens is 7. The van der Waals surface area contributed by atoms with E-state index in [1.54, 1.807) is 22.6 Å². The van der Waals surface area contributed by atoms with Crippen molar-refractivity contribution in [2.45, 2.75) is 50.6 Å². The number of carboxylic acid groups (broad SMARTS) is 1. The molecule has 3 aromatic rings. The fourth-order valence-electron chi connectivity index (χ4n) is 5.12. The molecule has 5 nitrogen and oxygen atoms in total. The average molecular weight is 722 g/mol. The van der Waals surface area contributed by atoms with Crippen LogP contribution in [0.1, 0.15) is 44.2 Å². The largest absolute Gasteiger partial charge is 0.480 e. The SMILES string of the molecule is CC(C)(C)C[C@@H]1N[C@@H](C(=O)O)[C@H](c2cccc(Cl)c2F)[C@@]1(C#N)c1ccc(Cl)cc1F.Nc1cc(F)c(I)c(F)c1. The molecule has 0 unspecified atom stereocenters. The topological polar surface area (TPSA) is 99.1 Å². The maximum atomic E-state index is 15.2. The van der Waals surface area contributed by atoms with Crippen LogP contribution >= 0.6 is 45.8 Å². The van der Waals surface area contributed by atoms with Crippen LogP contribution in [0.4, 0.5) is 23.2 Å². The van der Waals surface area contributed by atoms with Crippen LogP contribution in [0.2, 0.25) is 10.0 Å². The highest BCUT2D eigenvalue weighted by Crippen LogP contribution is 2.52. The molecule has 0 aliphatic carbocycles. The molecule has 1 heterocycles. The first-order chi connectivity index (χ1) is 19.0.